The van der Waals surface area contributed by atoms with Crippen LogP contribution in [0.15, 0.2) is 24.3 Å². The maximum Gasteiger partial charge on any atom is 0.418 e. The summed E-state index contributed by atoms with van der Waals surface area (Å²) in [6.07, 6.45) is -5.33. The summed E-state index contributed by atoms with van der Waals surface area (Å²) in [4.78, 5) is 25.3. The first-order valence-electron chi connectivity index (χ1n) is 7.89. The Morgan fingerprint density at radius 1 is 1.31 bits per heavy atom. The van der Waals surface area contributed by atoms with E-state index >= 15 is 0 Å². The number of amides is 2. The number of anilines is 1. The van der Waals surface area contributed by atoms with E-state index in [1.165, 1.54) is 12.1 Å². The third-order valence-electron chi connectivity index (χ3n) is 3.94. The van der Waals surface area contributed by atoms with Crippen molar-refractivity contribution in [3.63, 3.8) is 0 Å². The number of carbonyl (C=O) groups is 2. The Morgan fingerprint density at radius 3 is 2.50 bits per heavy atom. The molecule has 144 valence electrons. The van der Waals surface area contributed by atoms with E-state index in [0.717, 1.165) is 17.0 Å². The molecule has 0 saturated carbocycles. The van der Waals surface area contributed by atoms with Crippen LogP contribution in [0.2, 0.25) is 0 Å². The molecule has 0 radical (unpaired) electrons. The lowest BCUT2D eigenvalue weighted by molar-refractivity contribution is -0.138. The summed E-state index contributed by atoms with van der Waals surface area (Å²) in [5.74, 6) is -4.54. The van der Waals surface area contributed by atoms with Gasteiger partial charge < -0.3 is 10.2 Å². The maximum absolute atomic E-state index is 13.2. The Labute approximate surface area is 146 Å². The van der Waals surface area contributed by atoms with Gasteiger partial charge in [0.1, 0.15) is 0 Å². The number of hydrogen-bond donors (Lipinski definition) is 2. The first-order valence-corrected chi connectivity index (χ1v) is 7.89. The second-order valence-electron chi connectivity index (χ2n) is 5.94. The molecule has 2 amide bonds. The molecule has 1 saturated heterocycles. The molecular formula is C16H18F5N3O2. The van der Waals surface area contributed by atoms with Gasteiger partial charge in [-0.25, -0.2) is 8.78 Å². The predicted octanol–water partition coefficient (Wildman–Crippen LogP) is 2.49. The quantitative estimate of drug-likeness (QED) is 0.773. The van der Waals surface area contributed by atoms with Crippen LogP contribution in [0, 0.1) is 0 Å². The Bertz CT molecular complexity index is 678. The number of nitrogens with zero attached hydrogens (tertiary/aromatic N) is 1. The topological polar surface area (TPSA) is 61.4 Å². The molecule has 0 aliphatic carbocycles. The molecule has 1 heterocycles. The first kappa shape index (κ1) is 20.1. The largest absolute Gasteiger partial charge is 0.418 e. The van der Waals surface area contributed by atoms with Gasteiger partial charge in [0, 0.05) is 13.0 Å². The van der Waals surface area contributed by atoms with Crippen molar-refractivity contribution in [3.8, 4) is 0 Å². The van der Waals surface area contributed by atoms with Crippen LogP contribution < -0.4 is 10.6 Å². The molecule has 10 heteroatoms. The Morgan fingerprint density at radius 2 is 1.96 bits per heavy atom. The highest BCUT2D eigenvalue weighted by Gasteiger charge is 2.43. The number of benzene rings is 1. The van der Waals surface area contributed by atoms with Crippen LogP contribution in [-0.2, 0) is 15.8 Å². The molecule has 0 spiro atoms. The Kier molecular flexibility index (Phi) is 5.84. The number of halogens is 5. The molecule has 2 N–H and O–H groups in total. The fourth-order valence-electron chi connectivity index (χ4n) is 2.66. The lowest BCUT2D eigenvalue weighted by Crippen LogP contribution is -2.46. The summed E-state index contributed by atoms with van der Waals surface area (Å²) in [6, 6.07) is 3.31. The zero-order chi connectivity index (χ0) is 19.5. The maximum atomic E-state index is 13.2. The number of likely N-dealkylation sites (N-methyl/N-ethyl adjacent to an activating group) is 1. The summed E-state index contributed by atoms with van der Waals surface area (Å²) in [6.45, 7) is 0.427. The summed E-state index contributed by atoms with van der Waals surface area (Å²) < 4.78 is 65.2. The van der Waals surface area contributed by atoms with Crippen molar-refractivity contribution in [2.45, 2.75) is 31.5 Å². The molecule has 1 aromatic carbocycles. The van der Waals surface area contributed by atoms with Gasteiger partial charge in [0.25, 0.3) is 5.92 Å². The number of nitrogens with one attached hydrogen (secondary N) is 2. The highest BCUT2D eigenvalue weighted by atomic mass is 19.4. The molecule has 1 atom stereocenters. The minimum absolute atomic E-state index is 0.0525. The molecule has 1 unspecified atom stereocenters. The third-order valence-corrected chi connectivity index (χ3v) is 3.94. The van der Waals surface area contributed by atoms with Crippen molar-refractivity contribution < 1.29 is 31.5 Å². The molecule has 0 bridgehead atoms. The fourth-order valence-corrected chi connectivity index (χ4v) is 2.66. The van der Waals surface area contributed by atoms with Crippen molar-refractivity contribution in [1.29, 1.82) is 0 Å². The highest BCUT2D eigenvalue weighted by Crippen LogP contribution is 2.34. The lowest BCUT2D eigenvalue weighted by atomic mass is 10.1. The summed E-state index contributed by atoms with van der Waals surface area (Å²) in [5.41, 5.74) is -1.45. The molecule has 26 heavy (non-hydrogen) atoms. The van der Waals surface area contributed by atoms with E-state index in [0.29, 0.717) is 0 Å². The summed E-state index contributed by atoms with van der Waals surface area (Å²) >= 11 is 0. The van der Waals surface area contributed by atoms with Gasteiger partial charge in [-0.15, -0.1) is 0 Å². The molecule has 1 aromatic rings. The molecule has 5 nitrogen and oxygen atoms in total. The van der Waals surface area contributed by atoms with Crippen molar-refractivity contribution >= 4 is 17.5 Å². The van der Waals surface area contributed by atoms with E-state index in [1.807, 2.05) is 0 Å². The van der Waals surface area contributed by atoms with E-state index in [9.17, 15) is 31.5 Å². The minimum Gasteiger partial charge on any atom is -0.332 e. The van der Waals surface area contributed by atoms with E-state index in [2.05, 4.69) is 10.6 Å². The van der Waals surface area contributed by atoms with Crippen molar-refractivity contribution in [2.75, 3.05) is 25.0 Å². The number of hydrogen-bond acceptors (Lipinski definition) is 3. The monoisotopic (exact) mass is 379 g/mol. The average Bonchev–Trinajstić information content (AvgIpc) is 2.91. The van der Waals surface area contributed by atoms with Gasteiger partial charge >= 0.3 is 6.18 Å². The van der Waals surface area contributed by atoms with Crippen LogP contribution in [0.3, 0.4) is 0 Å². The molecule has 0 aromatic heterocycles. The SMILES string of the molecule is CCN(CC(=O)Nc1ccccc1C(F)(F)F)C(=O)C1CC(F)(F)CN1. The van der Waals surface area contributed by atoms with Crippen LogP contribution in [0.25, 0.3) is 0 Å². The number of alkyl halides is 5. The molecule has 1 aliphatic rings. The Hall–Kier alpha value is -2.23. The smallest absolute Gasteiger partial charge is 0.332 e. The van der Waals surface area contributed by atoms with E-state index in [1.54, 1.807) is 6.92 Å². The van der Waals surface area contributed by atoms with Gasteiger partial charge in [-0.1, -0.05) is 12.1 Å². The number of carbonyl (C=O) groups excluding carboxylic acids is 2. The van der Waals surface area contributed by atoms with E-state index in [-0.39, 0.29) is 6.54 Å². The van der Waals surface area contributed by atoms with Crippen LogP contribution >= 0.6 is 0 Å². The molecule has 1 fully saturated rings. The minimum atomic E-state index is -4.65. The van der Waals surface area contributed by atoms with E-state index in [4.69, 9.17) is 0 Å². The zero-order valence-electron chi connectivity index (χ0n) is 13.9. The van der Waals surface area contributed by atoms with Crippen molar-refractivity contribution in [1.82, 2.24) is 10.2 Å². The highest BCUT2D eigenvalue weighted by molar-refractivity contribution is 5.96. The van der Waals surface area contributed by atoms with Gasteiger partial charge in [-0.3, -0.25) is 14.9 Å². The van der Waals surface area contributed by atoms with Crippen LogP contribution in [0.5, 0.6) is 0 Å². The van der Waals surface area contributed by atoms with Gasteiger partial charge in [-0.05, 0) is 19.1 Å². The zero-order valence-corrected chi connectivity index (χ0v) is 13.9. The van der Waals surface area contributed by atoms with Gasteiger partial charge in [-0.2, -0.15) is 13.2 Å². The van der Waals surface area contributed by atoms with E-state index < -0.39 is 60.7 Å². The molecule has 2 rings (SSSR count). The van der Waals surface area contributed by atoms with Crippen LogP contribution in [-0.4, -0.2) is 48.3 Å². The fraction of sp³-hybridized carbons (Fsp3) is 0.500. The second-order valence-corrected chi connectivity index (χ2v) is 5.94. The lowest BCUT2D eigenvalue weighted by Gasteiger charge is -2.24. The number of rotatable bonds is 5. The second kappa shape index (κ2) is 7.56. The van der Waals surface area contributed by atoms with Gasteiger partial charge in [0.05, 0.1) is 30.4 Å². The molecule has 1 aliphatic heterocycles. The first-order chi connectivity index (χ1) is 12.0. The summed E-state index contributed by atoms with van der Waals surface area (Å²) in [7, 11) is 0. The average molecular weight is 379 g/mol. The normalized spacial score (nSPS) is 19.2. The van der Waals surface area contributed by atoms with Gasteiger partial charge in [0.2, 0.25) is 11.8 Å². The van der Waals surface area contributed by atoms with Crippen LogP contribution in [0.4, 0.5) is 27.6 Å². The predicted molar refractivity (Wildman–Crippen MR) is 83.7 cm³/mol. The van der Waals surface area contributed by atoms with Crippen molar-refractivity contribution in [3.05, 3.63) is 29.8 Å². The standard InChI is InChI=1S/C16H18F5N3O2/c1-2-24(14(26)12-7-15(17,18)9-22-12)8-13(25)23-11-6-4-3-5-10(11)16(19,20)21/h3-6,12,22H,2,7-9H2,1H3,(H,23,25). The van der Waals surface area contributed by atoms with Crippen LogP contribution in [0.1, 0.15) is 18.9 Å². The Balaban J connectivity index is 2.03. The van der Waals surface area contributed by atoms with Gasteiger partial charge in [0.15, 0.2) is 0 Å². The summed E-state index contributed by atoms with van der Waals surface area (Å²) in [5, 5.41) is 4.51. The third kappa shape index (κ3) is 4.90. The number of para-hydroxylation sites is 1. The van der Waals surface area contributed by atoms with Crippen molar-refractivity contribution in [2.24, 2.45) is 0 Å². The molecular weight excluding hydrogens is 361 g/mol.